The Morgan fingerprint density at radius 3 is 1.28 bits per heavy atom. The predicted octanol–water partition coefficient (Wildman–Crippen LogP) is 17.3. The molecule has 0 aromatic carbocycles. The molecule has 0 fully saturated rings. The van der Waals surface area contributed by atoms with Crippen molar-refractivity contribution in [1.29, 1.82) is 0 Å². The molecule has 0 aliphatic carbocycles. The normalized spacial score (nSPS) is 14.6. The van der Waals surface area contributed by atoms with Crippen LogP contribution in [0.4, 0.5) is 0 Å². The quantitative estimate of drug-likeness (QED) is 0.0243. The first-order valence-electron chi connectivity index (χ1n) is 28.5. The van der Waals surface area contributed by atoms with Crippen molar-refractivity contribution in [1.82, 2.24) is 5.32 Å². The fraction of sp³-hybridized carbons (Fsp3) is 0.750. The molecule has 3 atom stereocenters. The number of allylic oxidation sites excluding steroid dienone is 14. The zero-order valence-corrected chi connectivity index (χ0v) is 46.4. The van der Waals surface area contributed by atoms with Crippen molar-refractivity contribution in [3.63, 3.8) is 0 Å². The zero-order valence-electron chi connectivity index (χ0n) is 45.5. The SMILES string of the molecule is CC/C=C\C/C=C\C/C=C\C/C=C\C/C=C\C/C=C\C/C=C\CCCCCCCC(=O)NC(COP(=O)(O)OCC[N+](C)(C)C)C(O)CCCCCCCCCCCCCCCCCCCCCC. The molecule has 0 aliphatic heterocycles. The second-order valence-electron chi connectivity index (χ2n) is 20.3. The number of likely N-dealkylation sites (N-methyl/N-ethyl adjacent to an activating group) is 1. The number of carbonyl (C=O) groups excluding carboxylic acids is 1. The first-order chi connectivity index (χ1) is 33.5. The van der Waals surface area contributed by atoms with E-state index in [9.17, 15) is 19.4 Å². The molecule has 8 nitrogen and oxygen atoms in total. The standard InChI is InChI=1S/C60H109N2O6P/c1-6-8-10-12-14-16-18-20-22-24-26-28-29-30-31-32-33-34-36-38-40-42-44-46-48-50-52-54-60(64)61-58(57-68-69(65,66)67-56-55-62(3,4)5)59(63)53-51-49-47-45-43-41-39-37-35-27-25-23-21-19-17-15-13-11-9-7-2/h8,10,14,16,20,22,26,28,30-31,33-34,38,40,58-59,63H,6-7,9,11-13,15,17-19,21,23-25,27,29,32,35-37,39,41-57H2,1-5H3,(H-,61,64,65,66)/p+1/b10-8-,16-14-,22-20-,28-26-,31-30-,34-33-,40-38-. The van der Waals surface area contributed by atoms with Crippen molar-refractivity contribution in [3.8, 4) is 0 Å². The van der Waals surface area contributed by atoms with E-state index in [1.807, 2.05) is 21.1 Å². The first-order valence-corrected chi connectivity index (χ1v) is 29.9. The molecule has 0 heterocycles. The van der Waals surface area contributed by atoms with E-state index in [0.717, 1.165) is 103 Å². The molecular weight excluding hydrogens is 876 g/mol. The molecule has 0 saturated heterocycles. The number of hydrogen-bond donors (Lipinski definition) is 3. The lowest BCUT2D eigenvalue weighted by atomic mass is 10.0. The number of phosphoric ester groups is 1. The van der Waals surface area contributed by atoms with Gasteiger partial charge in [0.2, 0.25) is 5.91 Å². The summed E-state index contributed by atoms with van der Waals surface area (Å²) in [5.41, 5.74) is 0. The second kappa shape index (κ2) is 50.6. The van der Waals surface area contributed by atoms with Crippen LogP contribution in [0.3, 0.4) is 0 Å². The van der Waals surface area contributed by atoms with Crippen LogP contribution in [-0.2, 0) is 18.4 Å². The molecule has 1 amide bonds. The van der Waals surface area contributed by atoms with Crippen LogP contribution in [-0.4, -0.2) is 73.4 Å². The van der Waals surface area contributed by atoms with Gasteiger partial charge in [0, 0.05) is 6.42 Å². The van der Waals surface area contributed by atoms with Gasteiger partial charge in [-0.3, -0.25) is 13.8 Å². The summed E-state index contributed by atoms with van der Waals surface area (Å²) in [6, 6.07) is -0.778. The Labute approximate surface area is 426 Å². The number of rotatable bonds is 51. The van der Waals surface area contributed by atoms with Gasteiger partial charge in [-0.25, -0.2) is 4.57 Å². The largest absolute Gasteiger partial charge is 0.472 e. The maximum absolute atomic E-state index is 13.0. The van der Waals surface area contributed by atoms with E-state index in [1.165, 1.54) is 109 Å². The van der Waals surface area contributed by atoms with Gasteiger partial charge >= 0.3 is 7.82 Å². The van der Waals surface area contributed by atoms with Crippen molar-refractivity contribution in [3.05, 3.63) is 85.1 Å². The summed E-state index contributed by atoms with van der Waals surface area (Å²) in [6.07, 6.45) is 70.6. The summed E-state index contributed by atoms with van der Waals surface area (Å²) in [4.78, 5) is 23.3. The second-order valence-corrected chi connectivity index (χ2v) is 21.7. The van der Waals surface area contributed by atoms with Gasteiger partial charge in [-0.05, 0) is 70.6 Å². The summed E-state index contributed by atoms with van der Waals surface area (Å²) < 4.78 is 23.8. The number of nitrogens with one attached hydrogen (secondary N) is 1. The smallest absolute Gasteiger partial charge is 0.391 e. The van der Waals surface area contributed by atoms with Crippen LogP contribution in [0, 0.1) is 0 Å². The minimum atomic E-state index is -4.34. The number of nitrogens with zero attached hydrogens (tertiary/aromatic N) is 1. The molecule has 0 aromatic heterocycles. The van der Waals surface area contributed by atoms with Gasteiger partial charge in [-0.1, -0.05) is 247 Å². The van der Waals surface area contributed by atoms with Gasteiger partial charge < -0.3 is 19.8 Å². The maximum atomic E-state index is 13.0. The van der Waals surface area contributed by atoms with Gasteiger partial charge in [-0.15, -0.1) is 0 Å². The lowest BCUT2D eigenvalue weighted by molar-refractivity contribution is -0.870. The van der Waals surface area contributed by atoms with E-state index < -0.39 is 20.0 Å². The van der Waals surface area contributed by atoms with Crippen molar-refractivity contribution >= 4 is 13.7 Å². The third-order valence-electron chi connectivity index (χ3n) is 12.4. The molecule has 400 valence electrons. The molecule has 69 heavy (non-hydrogen) atoms. The molecule has 0 spiro atoms. The molecule has 0 saturated carbocycles. The van der Waals surface area contributed by atoms with Gasteiger partial charge in [0.1, 0.15) is 13.2 Å². The predicted molar refractivity (Wildman–Crippen MR) is 299 cm³/mol. The van der Waals surface area contributed by atoms with E-state index in [1.54, 1.807) is 0 Å². The first kappa shape index (κ1) is 66.7. The molecule has 3 N–H and O–H groups in total. The van der Waals surface area contributed by atoms with Gasteiger partial charge in [0.15, 0.2) is 0 Å². The Morgan fingerprint density at radius 1 is 0.507 bits per heavy atom. The Hall–Kier alpha value is -2.32. The summed E-state index contributed by atoms with van der Waals surface area (Å²) in [5.74, 6) is -0.165. The summed E-state index contributed by atoms with van der Waals surface area (Å²) >= 11 is 0. The molecule has 0 radical (unpaired) electrons. The van der Waals surface area contributed by atoms with Crippen molar-refractivity contribution < 1.29 is 32.9 Å². The van der Waals surface area contributed by atoms with Crippen LogP contribution < -0.4 is 5.32 Å². The van der Waals surface area contributed by atoms with E-state index in [-0.39, 0.29) is 19.1 Å². The van der Waals surface area contributed by atoms with Crippen LogP contribution in [0.5, 0.6) is 0 Å². The number of aliphatic hydroxyl groups is 1. The number of aliphatic hydroxyl groups excluding tert-OH is 1. The number of hydrogen-bond acceptors (Lipinski definition) is 5. The zero-order chi connectivity index (χ0) is 50.6. The summed E-state index contributed by atoms with van der Waals surface area (Å²) in [5, 5.41) is 14.1. The Kier molecular flexibility index (Phi) is 48.9. The highest BCUT2D eigenvalue weighted by molar-refractivity contribution is 7.47. The number of carbonyl (C=O) groups is 1. The average Bonchev–Trinajstić information content (AvgIpc) is 3.31. The van der Waals surface area contributed by atoms with Gasteiger partial charge in [0.05, 0.1) is 39.9 Å². The highest BCUT2D eigenvalue weighted by Gasteiger charge is 2.28. The number of unbranched alkanes of at least 4 members (excludes halogenated alkanes) is 24. The van der Waals surface area contributed by atoms with Gasteiger partial charge in [0.25, 0.3) is 0 Å². The van der Waals surface area contributed by atoms with E-state index >= 15 is 0 Å². The van der Waals surface area contributed by atoms with Crippen LogP contribution in [0.25, 0.3) is 0 Å². The minimum Gasteiger partial charge on any atom is -0.391 e. The number of quaternary nitrogens is 1. The molecule has 0 aromatic rings. The van der Waals surface area contributed by atoms with Crippen molar-refractivity contribution in [2.45, 2.75) is 251 Å². The van der Waals surface area contributed by atoms with E-state index in [4.69, 9.17) is 9.05 Å². The average molecular weight is 987 g/mol. The van der Waals surface area contributed by atoms with Crippen molar-refractivity contribution in [2.75, 3.05) is 40.9 Å². The third-order valence-corrected chi connectivity index (χ3v) is 13.4. The van der Waals surface area contributed by atoms with Crippen LogP contribution in [0.15, 0.2) is 85.1 Å². The molecule has 0 bridgehead atoms. The van der Waals surface area contributed by atoms with E-state index in [2.05, 4.69) is 104 Å². The van der Waals surface area contributed by atoms with Crippen LogP contribution in [0.2, 0.25) is 0 Å². The highest BCUT2D eigenvalue weighted by atomic mass is 31.2. The fourth-order valence-electron chi connectivity index (χ4n) is 7.97. The molecule has 0 rings (SSSR count). The number of phosphoric acid groups is 1. The van der Waals surface area contributed by atoms with Crippen LogP contribution >= 0.6 is 7.82 Å². The Balaban J connectivity index is 4.27. The molecule has 9 heteroatoms. The van der Waals surface area contributed by atoms with Crippen LogP contribution in [0.1, 0.15) is 239 Å². The topological polar surface area (TPSA) is 105 Å². The van der Waals surface area contributed by atoms with Gasteiger partial charge in [-0.2, -0.15) is 0 Å². The minimum absolute atomic E-state index is 0.0663. The number of amides is 1. The fourth-order valence-corrected chi connectivity index (χ4v) is 8.70. The third kappa shape index (κ3) is 53.3. The molecular formula is C60H110N2O6P+. The summed E-state index contributed by atoms with van der Waals surface area (Å²) in [6.45, 7) is 4.77. The summed E-state index contributed by atoms with van der Waals surface area (Å²) in [7, 11) is 1.59. The Bertz CT molecular complexity index is 1400. The Morgan fingerprint density at radius 2 is 0.870 bits per heavy atom. The highest BCUT2D eigenvalue weighted by Crippen LogP contribution is 2.43. The molecule has 0 aliphatic rings. The lowest BCUT2D eigenvalue weighted by Crippen LogP contribution is -2.46. The monoisotopic (exact) mass is 986 g/mol. The van der Waals surface area contributed by atoms with Crippen molar-refractivity contribution in [2.24, 2.45) is 0 Å². The molecule has 3 unspecified atom stereocenters. The van der Waals surface area contributed by atoms with E-state index in [0.29, 0.717) is 23.9 Å². The maximum Gasteiger partial charge on any atom is 0.472 e. The lowest BCUT2D eigenvalue weighted by Gasteiger charge is -2.26.